The number of carbonyl (C=O) groups is 2. The van der Waals surface area contributed by atoms with Crippen LogP contribution in [0.3, 0.4) is 0 Å². The Morgan fingerprint density at radius 2 is 1.90 bits per heavy atom. The molecule has 0 spiro atoms. The fourth-order valence-electron chi connectivity index (χ4n) is 4.22. The van der Waals surface area contributed by atoms with Crippen LogP contribution in [0.4, 0.5) is 16.2 Å². The zero-order chi connectivity index (χ0) is 21.2. The summed E-state index contributed by atoms with van der Waals surface area (Å²) in [6, 6.07) is 21.4. The molecule has 6 heteroatoms. The monoisotopic (exact) mass is 413 g/mol. The minimum absolute atomic E-state index is 0.0293. The molecule has 0 aromatic heterocycles. The first-order chi connectivity index (χ1) is 15.2. The fraction of sp³-hybridized carbons (Fsp3) is 0.200. The van der Waals surface area contributed by atoms with Crippen molar-refractivity contribution in [3.63, 3.8) is 0 Å². The molecule has 0 radical (unpaired) electrons. The van der Waals surface area contributed by atoms with Crippen LogP contribution in [0.1, 0.15) is 23.5 Å². The second-order valence-electron chi connectivity index (χ2n) is 7.87. The van der Waals surface area contributed by atoms with E-state index in [0.717, 1.165) is 41.2 Å². The van der Waals surface area contributed by atoms with Gasteiger partial charge in [0.15, 0.2) is 0 Å². The van der Waals surface area contributed by atoms with Crippen molar-refractivity contribution in [3.05, 3.63) is 77.9 Å². The number of fused-ring (bicyclic) bond motifs is 2. The molecule has 3 aromatic rings. The topological polar surface area (TPSA) is 79.5 Å². The first kappa shape index (κ1) is 19.2. The first-order valence-corrected chi connectivity index (χ1v) is 10.5. The average molecular weight is 413 g/mol. The van der Waals surface area contributed by atoms with Crippen molar-refractivity contribution < 1.29 is 14.3 Å². The van der Waals surface area contributed by atoms with E-state index in [2.05, 4.69) is 22.0 Å². The summed E-state index contributed by atoms with van der Waals surface area (Å²) in [5.74, 6) is 0.879. The third kappa shape index (κ3) is 4.10. The lowest BCUT2D eigenvalue weighted by Crippen LogP contribution is -2.35. The number of rotatable bonds is 4. The molecule has 3 amide bonds. The molecule has 31 heavy (non-hydrogen) atoms. The first-order valence-electron chi connectivity index (χ1n) is 10.5. The molecule has 2 heterocycles. The summed E-state index contributed by atoms with van der Waals surface area (Å²) in [6.07, 6.45) is 1.28. The molecular formula is C25H23N3O3. The summed E-state index contributed by atoms with van der Waals surface area (Å²) in [5, 5.41) is 8.69. The fourth-order valence-corrected chi connectivity index (χ4v) is 4.22. The van der Waals surface area contributed by atoms with E-state index >= 15 is 0 Å². The van der Waals surface area contributed by atoms with Gasteiger partial charge in [0.05, 0.1) is 6.61 Å². The molecule has 0 fully saturated rings. The van der Waals surface area contributed by atoms with Crippen molar-refractivity contribution in [1.82, 2.24) is 5.32 Å². The van der Waals surface area contributed by atoms with E-state index in [0.29, 0.717) is 18.7 Å². The normalized spacial score (nSPS) is 16.5. The van der Waals surface area contributed by atoms with Crippen molar-refractivity contribution in [3.8, 4) is 16.9 Å². The summed E-state index contributed by atoms with van der Waals surface area (Å²) < 4.78 is 5.58. The number of urea groups is 1. The Bertz CT molecular complexity index is 1160. The standard InChI is InChI=1S/C25H23N3O3/c29-24-14-19(21-6-1-2-7-22(21)28-24)15-26-25(30)27-20-5-3-4-16(13-20)17-8-9-23-18(12-17)10-11-31-23/h1-9,12-13,19H,10-11,14-15H2,(H,28,29)(H2,26,27,30). The van der Waals surface area contributed by atoms with Crippen LogP contribution in [0.15, 0.2) is 66.7 Å². The van der Waals surface area contributed by atoms with Gasteiger partial charge in [0.1, 0.15) is 5.75 Å². The van der Waals surface area contributed by atoms with Gasteiger partial charge in [-0.25, -0.2) is 4.79 Å². The maximum Gasteiger partial charge on any atom is 0.319 e. The Kier molecular flexibility index (Phi) is 5.04. The van der Waals surface area contributed by atoms with Crippen LogP contribution in [0.25, 0.3) is 11.1 Å². The second kappa shape index (κ2) is 8.14. The molecule has 3 aromatic carbocycles. The number of carbonyl (C=O) groups excluding carboxylic acids is 2. The van der Waals surface area contributed by atoms with Crippen LogP contribution in [-0.4, -0.2) is 25.1 Å². The molecule has 2 aliphatic rings. The molecule has 0 saturated carbocycles. The molecule has 0 aliphatic carbocycles. The predicted octanol–water partition coefficient (Wildman–Crippen LogP) is 4.54. The van der Waals surface area contributed by atoms with Crippen molar-refractivity contribution in [2.24, 2.45) is 0 Å². The zero-order valence-corrected chi connectivity index (χ0v) is 17.0. The Morgan fingerprint density at radius 1 is 1.03 bits per heavy atom. The van der Waals surface area contributed by atoms with E-state index < -0.39 is 0 Å². The molecule has 1 unspecified atom stereocenters. The number of benzene rings is 3. The minimum Gasteiger partial charge on any atom is -0.493 e. The van der Waals surface area contributed by atoms with Crippen molar-refractivity contribution >= 4 is 23.3 Å². The van der Waals surface area contributed by atoms with Gasteiger partial charge in [-0.15, -0.1) is 0 Å². The average Bonchev–Trinajstić information content (AvgIpc) is 3.25. The lowest BCUT2D eigenvalue weighted by molar-refractivity contribution is -0.116. The summed E-state index contributed by atoms with van der Waals surface area (Å²) in [5.41, 5.74) is 5.92. The van der Waals surface area contributed by atoms with Gasteiger partial charge in [0.25, 0.3) is 0 Å². The van der Waals surface area contributed by atoms with Crippen molar-refractivity contribution in [2.45, 2.75) is 18.8 Å². The van der Waals surface area contributed by atoms with Crippen molar-refractivity contribution in [2.75, 3.05) is 23.8 Å². The molecular weight excluding hydrogens is 390 g/mol. The number of ether oxygens (including phenoxy) is 1. The molecule has 156 valence electrons. The molecule has 0 bridgehead atoms. The van der Waals surface area contributed by atoms with Gasteiger partial charge in [-0.2, -0.15) is 0 Å². The van der Waals surface area contributed by atoms with Crippen LogP contribution in [-0.2, 0) is 11.2 Å². The van der Waals surface area contributed by atoms with Crippen LogP contribution >= 0.6 is 0 Å². The Morgan fingerprint density at radius 3 is 2.84 bits per heavy atom. The Labute approximate surface area is 180 Å². The molecule has 6 nitrogen and oxygen atoms in total. The summed E-state index contributed by atoms with van der Waals surface area (Å²) >= 11 is 0. The number of anilines is 2. The molecule has 0 saturated heterocycles. The van der Waals surface area contributed by atoms with Gasteiger partial charge in [-0.3, -0.25) is 4.79 Å². The molecule has 3 N–H and O–H groups in total. The highest BCUT2D eigenvalue weighted by molar-refractivity contribution is 5.95. The van der Waals surface area contributed by atoms with E-state index in [1.165, 1.54) is 5.56 Å². The zero-order valence-electron chi connectivity index (χ0n) is 17.0. The lowest BCUT2D eigenvalue weighted by atomic mass is 9.90. The Balaban J connectivity index is 1.24. The van der Waals surface area contributed by atoms with Gasteiger partial charge in [0.2, 0.25) is 5.91 Å². The van der Waals surface area contributed by atoms with Crippen LogP contribution in [0.5, 0.6) is 5.75 Å². The summed E-state index contributed by atoms with van der Waals surface area (Å²) in [7, 11) is 0. The van der Waals surface area contributed by atoms with E-state index in [-0.39, 0.29) is 17.9 Å². The van der Waals surface area contributed by atoms with E-state index in [1.54, 1.807) is 0 Å². The number of para-hydroxylation sites is 1. The molecule has 1 atom stereocenters. The van der Waals surface area contributed by atoms with Gasteiger partial charge < -0.3 is 20.7 Å². The number of nitrogens with one attached hydrogen (secondary N) is 3. The number of hydrogen-bond acceptors (Lipinski definition) is 3. The summed E-state index contributed by atoms with van der Waals surface area (Å²) in [4.78, 5) is 24.5. The smallest absolute Gasteiger partial charge is 0.319 e. The lowest BCUT2D eigenvalue weighted by Gasteiger charge is -2.25. The summed E-state index contributed by atoms with van der Waals surface area (Å²) in [6.45, 7) is 1.12. The quantitative estimate of drug-likeness (QED) is 0.588. The molecule has 5 rings (SSSR count). The van der Waals surface area contributed by atoms with E-state index in [1.807, 2.05) is 60.7 Å². The highest BCUT2D eigenvalue weighted by Crippen LogP contribution is 2.32. The van der Waals surface area contributed by atoms with Gasteiger partial charge in [-0.05, 0) is 52.6 Å². The van der Waals surface area contributed by atoms with Gasteiger partial charge in [-0.1, -0.05) is 36.4 Å². The predicted molar refractivity (Wildman–Crippen MR) is 121 cm³/mol. The van der Waals surface area contributed by atoms with Crippen LogP contribution < -0.4 is 20.7 Å². The van der Waals surface area contributed by atoms with Crippen LogP contribution in [0.2, 0.25) is 0 Å². The van der Waals surface area contributed by atoms with E-state index in [9.17, 15) is 9.59 Å². The maximum atomic E-state index is 12.5. The van der Waals surface area contributed by atoms with Crippen LogP contribution in [0, 0.1) is 0 Å². The van der Waals surface area contributed by atoms with Gasteiger partial charge in [0, 0.05) is 36.7 Å². The second-order valence-corrected chi connectivity index (χ2v) is 7.87. The largest absolute Gasteiger partial charge is 0.493 e. The van der Waals surface area contributed by atoms with Crippen molar-refractivity contribution in [1.29, 1.82) is 0 Å². The SMILES string of the molecule is O=C1CC(CNC(=O)Nc2cccc(-c3ccc4c(c3)CCO4)c2)c2ccccc2N1. The Hall–Kier alpha value is -3.80. The van der Waals surface area contributed by atoms with E-state index in [4.69, 9.17) is 4.74 Å². The molecule has 2 aliphatic heterocycles. The maximum absolute atomic E-state index is 12.5. The third-order valence-corrected chi connectivity index (χ3v) is 5.76. The van der Waals surface area contributed by atoms with Gasteiger partial charge >= 0.3 is 6.03 Å². The minimum atomic E-state index is -0.289. The number of hydrogen-bond donors (Lipinski definition) is 3. The third-order valence-electron chi connectivity index (χ3n) is 5.76. The highest BCUT2D eigenvalue weighted by atomic mass is 16.5. The number of amides is 3. The highest BCUT2D eigenvalue weighted by Gasteiger charge is 2.25.